The van der Waals surface area contributed by atoms with Crippen LogP contribution in [0.5, 0.6) is 5.75 Å². The second kappa shape index (κ2) is 3.15. The van der Waals surface area contributed by atoms with Crippen LogP contribution in [0.3, 0.4) is 0 Å². The van der Waals surface area contributed by atoms with Gasteiger partial charge in [0.25, 0.3) is 0 Å². The lowest BCUT2D eigenvalue weighted by atomic mass is 10.3. The summed E-state index contributed by atoms with van der Waals surface area (Å²) in [5.41, 5.74) is 1.72. The van der Waals surface area contributed by atoms with Gasteiger partial charge in [-0.2, -0.15) is 0 Å². The van der Waals surface area contributed by atoms with Crippen LogP contribution < -0.4 is 10.5 Å². The number of benzene rings is 1. The van der Waals surface area contributed by atoms with Gasteiger partial charge in [0.2, 0.25) is 0 Å². The van der Waals surface area contributed by atoms with Crippen LogP contribution in [0.4, 0.5) is 14.5 Å². The number of para-hydroxylation sites is 2. The number of hydrogen-bond donors (Lipinski definition) is 1. The first-order valence-corrected chi connectivity index (χ1v) is 3.47. The molecule has 0 aliphatic heterocycles. The number of alkyl halides is 3. The smallest absolute Gasteiger partial charge is 0.418 e. The van der Waals surface area contributed by atoms with E-state index < -0.39 is 5.57 Å². The maximum absolute atomic E-state index is 12.1. The first-order valence-electron chi connectivity index (χ1n) is 3.09. The first kappa shape index (κ1) is 9.06. The van der Waals surface area contributed by atoms with Crippen LogP contribution in [0.1, 0.15) is 0 Å². The summed E-state index contributed by atoms with van der Waals surface area (Å²) in [4.78, 5) is 0. The highest BCUT2D eigenvalue weighted by Crippen LogP contribution is 2.28. The third-order valence-corrected chi connectivity index (χ3v) is 1.22. The van der Waals surface area contributed by atoms with Crippen molar-refractivity contribution in [3.63, 3.8) is 0 Å². The standard InChI is InChI=1S/C7H6ClF2NO/c8-7(9,10)12-6-4-2-1-3-5(6)11/h1-4H,11H2. The maximum Gasteiger partial charge on any atom is 0.487 e. The van der Waals surface area contributed by atoms with Gasteiger partial charge in [0, 0.05) is 11.6 Å². The highest BCUT2D eigenvalue weighted by atomic mass is 35.5. The molecule has 2 N–H and O–H groups in total. The minimum Gasteiger partial charge on any atom is -0.418 e. The lowest BCUT2D eigenvalue weighted by Gasteiger charge is -2.11. The van der Waals surface area contributed by atoms with Crippen LogP contribution in [-0.2, 0) is 0 Å². The minimum absolute atomic E-state index is 0.123. The molecule has 0 aliphatic carbocycles. The Kier molecular flexibility index (Phi) is 2.38. The molecule has 0 fully saturated rings. The quantitative estimate of drug-likeness (QED) is 0.578. The SMILES string of the molecule is Nc1ccccc1OC(F)(F)Cl. The monoisotopic (exact) mass is 193 g/mol. The van der Waals surface area contributed by atoms with Crippen molar-refractivity contribution in [2.24, 2.45) is 0 Å². The summed E-state index contributed by atoms with van der Waals surface area (Å²) in [5, 5.41) is 0. The number of rotatable bonds is 2. The van der Waals surface area contributed by atoms with Gasteiger partial charge < -0.3 is 10.5 Å². The van der Waals surface area contributed by atoms with E-state index >= 15 is 0 Å². The number of nitrogens with two attached hydrogens (primary N) is 1. The van der Waals surface area contributed by atoms with E-state index in [2.05, 4.69) is 16.3 Å². The second-order valence-electron chi connectivity index (χ2n) is 2.09. The molecule has 0 aromatic heterocycles. The van der Waals surface area contributed by atoms with Crippen LogP contribution in [0.15, 0.2) is 24.3 Å². The Bertz CT molecular complexity index is 274. The third-order valence-electron chi connectivity index (χ3n) is 1.14. The molecule has 0 radical (unpaired) electrons. The summed E-state index contributed by atoms with van der Waals surface area (Å²) in [6.07, 6.45) is 0. The van der Waals surface area contributed by atoms with Gasteiger partial charge in [0.1, 0.15) is 0 Å². The molecule has 0 spiro atoms. The number of nitrogen functional groups attached to an aromatic ring is 1. The van der Waals surface area contributed by atoms with E-state index in [9.17, 15) is 8.78 Å². The van der Waals surface area contributed by atoms with E-state index in [1.807, 2.05) is 0 Å². The Balaban J connectivity index is 2.83. The van der Waals surface area contributed by atoms with E-state index in [4.69, 9.17) is 5.73 Å². The van der Waals surface area contributed by atoms with Crippen molar-refractivity contribution in [3.8, 4) is 5.75 Å². The summed E-state index contributed by atoms with van der Waals surface area (Å²) < 4.78 is 28.2. The predicted octanol–water partition coefficient (Wildman–Crippen LogP) is 2.44. The van der Waals surface area contributed by atoms with Crippen LogP contribution in [0, 0.1) is 0 Å². The van der Waals surface area contributed by atoms with Crippen molar-refractivity contribution >= 4 is 17.3 Å². The molecule has 0 saturated heterocycles. The molecule has 2 nitrogen and oxygen atoms in total. The summed E-state index contributed by atoms with van der Waals surface area (Å²) >= 11 is 4.53. The highest BCUT2D eigenvalue weighted by Gasteiger charge is 2.28. The molecule has 0 unspecified atom stereocenters. The molecule has 0 saturated carbocycles. The second-order valence-corrected chi connectivity index (χ2v) is 2.53. The first-order chi connectivity index (χ1) is 5.49. The van der Waals surface area contributed by atoms with Gasteiger partial charge in [0.05, 0.1) is 5.69 Å². The fourth-order valence-electron chi connectivity index (χ4n) is 0.698. The van der Waals surface area contributed by atoms with Gasteiger partial charge in [-0.15, -0.1) is 8.78 Å². The summed E-state index contributed by atoms with van der Waals surface area (Å²) in [6.45, 7) is 0. The van der Waals surface area contributed by atoms with E-state index in [-0.39, 0.29) is 11.4 Å². The van der Waals surface area contributed by atoms with E-state index in [1.165, 1.54) is 18.2 Å². The molecular weight excluding hydrogens is 188 g/mol. The summed E-state index contributed by atoms with van der Waals surface area (Å²) in [5.74, 6) is -0.127. The predicted molar refractivity (Wildman–Crippen MR) is 42.3 cm³/mol. The van der Waals surface area contributed by atoms with Gasteiger partial charge in [0.15, 0.2) is 5.75 Å². The molecule has 66 valence electrons. The Morgan fingerprint density at radius 2 is 1.92 bits per heavy atom. The van der Waals surface area contributed by atoms with Crippen LogP contribution in [0.2, 0.25) is 0 Å². The fraction of sp³-hybridized carbons (Fsp3) is 0.143. The molecule has 1 aromatic carbocycles. The number of hydrogen-bond acceptors (Lipinski definition) is 2. The highest BCUT2D eigenvalue weighted by molar-refractivity contribution is 6.20. The summed E-state index contributed by atoms with van der Waals surface area (Å²) in [6, 6.07) is 5.88. The van der Waals surface area contributed by atoms with Crippen LogP contribution in [0.25, 0.3) is 0 Å². The average Bonchev–Trinajstić information content (AvgIpc) is 1.91. The molecule has 0 bridgehead atoms. The van der Waals surface area contributed by atoms with Crippen molar-refractivity contribution in [1.29, 1.82) is 0 Å². The van der Waals surface area contributed by atoms with Gasteiger partial charge in [-0.05, 0) is 12.1 Å². The zero-order chi connectivity index (χ0) is 9.19. The largest absolute Gasteiger partial charge is 0.487 e. The van der Waals surface area contributed by atoms with Crippen molar-refractivity contribution in [2.75, 3.05) is 5.73 Å². The number of halogens is 3. The molecule has 12 heavy (non-hydrogen) atoms. The topological polar surface area (TPSA) is 35.2 Å². The molecule has 5 heteroatoms. The van der Waals surface area contributed by atoms with Gasteiger partial charge in [-0.3, -0.25) is 0 Å². The van der Waals surface area contributed by atoms with Crippen LogP contribution in [-0.4, -0.2) is 5.57 Å². The van der Waals surface area contributed by atoms with Crippen molar-refractivity contribution in [3.05, 3.63) is 24.3 Å². The lowest BCUT2D eigenvalue weighted by Crippen LogP contribution is -2.16. The minimum atomic E-state index is -3.71. The van der Waals surface area contributed by atoms with Crippen molar-refractivity contribution in [1.82, 2.24) is 0 Å². The molecule has 0 aliphatic rings. The number of ether oxygens (including phenoxy) is 1. The number of anilines is 1. The summed E-state index contributed by atoms with van der Waals surface area (Å²) in [7, 11) is 0. The normalized spacial score (nSPS) is 11.2. The Hall–Kier alpha value is -1.03. The van der Waals surface area contributed by atoms with Gasteiger partial charge >= 0.3 is 5.57 Å². The van der Waals surface area contributed by atoms with E-state index in [0.717, 1.165) is 0 Å². The molecule has 1 rings (SSSR count). The molecular formula is C7H6ClF2NO. The molecule has 1 aromatic rings. The maximum atomic E-state index is 12.1. The third kappa shape index (κ3) is 2.54. The van der Waals surface area contributed by atoms with Gasteiger partial charge in [-0.25, -0.2) is 0 Å². The average molecular weight is 194 g/mol. The zero-order valence-electron chi connectivity index (χ0n) is 5.93. The van der Waals surface area contributed by atoms with Crippen molar-refractivity contribution < 1.29 is 13.5 Å². The molecule has 0 amide bonds. The zero-order valence-corrected chi connectivity index (χ0v) is 6.68. The lowest BCUT2D eigenvalue weighted by molar-refractivity contribution is -0.0960. The Labute approximate surface area is 72.9 Å². The van der Waals surface area contributed by atoms with E-state index in [0.29, 0.717) is 0 Å². The van der Waals surface area contributed by atoms with Crippen molar-refractivity contribution in [2.45, 2.75) is 5.57 Å². The fourth-order valence-corrected chi connectivity index (χ4v) is 0.781. The Morgan fingerprint density at radius 3 is 2.42 bits per heavy atom. The van der Waals surface area contributed by atoms with Gasteiger partial charge in [-0.1, -0.05) is 12.1 Å². The van der Waals surface area contributed by atoms with Crippen LogP contribution >= 0.6 is 11.6 Å². The molecule has 0 heterocycles. The Morgan fingerprint density at radius 1 is 1.33 bits per heavy atom. The molecule has 0 atom stereocenters. The van der Waals surface area contributed by atoms with E-state index in [1.54, 1.807) is 6.07 Å².